The standard InChI is InChI=1S/C23H27N5O4/c1-3-15-32-18-9-10-24-21-20(18)22(30)28(23(31)25(21)2)16-19(29)27-13-11-26(12-14-27)17-7-5-4-6-8-17/h4-10H,3,11-16H2,1-2H3. The molecule has 1 aromatic carbocycles. The molecule has 0 aliphatic carbocycles. The molecule has 9 heteroatoms. The second-order valence-corrected chi connectivity index (χ2v) is 7.79. The van der Waals surface area contributed by atoms with Crippen LogP contribution in [-0.4, -0.2) is 57.7 Å². The molecular weight excluding hydrogens is 410 g/mol. The molecule has 0 atom stereocenters. The number of para-hydroxylation sites is 1. The van der Waals surface area contributed by atoms with Gasteiger partial charge in [0.15, 0.2) is 5.65 Å². The van der Waals surface area contributed by atoms with E-state index in [1.165, 1.54) is 10.8 Å². The monoisotopic (exact) mass is 437 g/mol. The summed E-state index contributed by atoms with van der Waals surface area (Å²) >= 11 is 0. The van der Waals surface area contributed by atoms with Gasteiger partial charge in [-0.1, -0.05) is 25.1 Å². The van der Waals surface area contributed by atoms with Gasteiger partial charge in [0.2, 0.25) is 5.91 Å². The third-order valence-electron chi connectivity index (χ3n) is 5.70. The van der Waals surface area contributed by atoms with Crippen LogP contribution in [0.25, 0.3) is 11.0 Å². The summed E-state index contributed by atoms with van der Waals surface area (Å²) in [4.78, 5) is 47.1. The summed E-state index contributed by atoms with van der Waals surface area (Å²) in [7, 11) is 1.54. The van der Waals surface area contributed by atoms with E-state index in [2.05, 4.69) is 9.88 Å². The van der Waals surface area contributed by atoms with Crippen molar-refractivity contribution in [3.63, 3.8) is 0 Å². The number of carbonyl (C=O) groups is 1. The Kier molecular flexibility index (Phi) is 6.25. The lowest BCUT2D eigenvalue weighted by atomic mass is 10.2. The van der Waals surface area contributed by atoms with Crippen molar-refractivity contribution in [2.24, 2.45) is 7.05 Å². The van der Waals surface area contributed by atoms with Gasteiger partial charge in [-0.15, -0.1) is 0 Å². The SMILES string of the molecule is CCCOc1ccnc2c1c(=O)n(CC(=O)N1CCN(c3ccccc3)CC1)c(=O)n2C. The number of nitrogens with zero attached hydrogens (tertiary/aromatic N) is 5. The van der Waals surface area contributed by atoms with Gasteiger partial charge in [-0.25, -0.2) is 14.3 Å². The highest BCUT2D eigenvalue weighted by Crippen LogP contribution is 2.19. The summed E-state index contributed by atoms with van der Waals surface area (Å²) in [6.45, 7) is 4.54. The quantitative estimate of drug-likeness (QED) is 0.576. The van der Waals surface area contributed by atoms with Gasteiger partial charge in [0.25, 0.3) is 5.56 Å². The van der Waals surface area contributed by atoms with Gasteiger partial charge in [0.1, 0.15) is 17.7 Å². The van der Waals surface area contributed by atoms with E-state index in [1.807, 2.05) is 37.3 Å². The Bertz CT molecular complexity index is 1230. The molecule has 1 aliphatic rings. The van der Waals surface area contributed by atoms with Crippen molar-refractivity contribution in [3.05, 3.63) is 63.4 Å². The minimum Gasteiger partial charge on any atom is -0.493 e. The molecule has 2 aromatic heterocycles. The first-order chi connectivity index (χ1) is 15.5. The fourth-order valence-corrected chi connectivity index (χ4v) is 3.94. The van der Waals surface area contributed by atoms with Crippen LogP contribution in [0.15, 0.2) is 52.2 Å². The summed E-state index contributed by atoms with van der Waals surface area (Å²) in [5.41, 5.74) is 0.234. The fraction of sp³-hybridized carbons (Fsp3) is 0.391. The van der Waals surface area contributed by atoms with Crippen LogP contribution in [0.5, 0.6) is 5.75 Å². The normalized spacial score (nSPS) is 14.1. The van der Waals surface area contributed by atoms with Gasteiger partial charge >= 0.3 is 5.69 Å². The second kappa shape index (κ2) is 9.25. The first-order valence-electron chi connectivity index (χ1n) is 10.8. The zero-order valence-electron chi connectivity index (χ0n) is 18.4. The van der Waals surface area contributed by atoms with E-state index in [1.54, 1.807) is 18.0 Å². The summed E-state index contributed by atoms with van der Waals surface area (Å²) in [6, 6.07) is 11.6. The molecule has 0 N–H and O–H groups in total. The number of benzene rings is 1. The van der Waals surface area contributed by atoms with Crippen LogP contribution in [0.2, 0.25) is 0 Å². The number of carbonyl (C=O) groups excluding carboxylic acids is 1. The molecule has 3 heterocycles. The predicted molar refractivity (Wildman–Crippen MR) is 122 cm³/mol. The number of piperazine rings is 1. The van der Waals surface area contributed by atoms with Crippen LogP contribution in [-0.2, 0) is 18.4 Å². The van der Waals surface area contributed by atoms with Gasteiger partial charge in [-0.05, 0) is 24.6 Å². The van der Waals surface area contributed by atoms with E-state index < -0.39 is 11.2 Å². The summed E-state index contributed by atoms with van der Waals surface area (Å²) < 4.78 is 7.97. The Hall–Kier alpha value is -3.62. The van der Waals surface area contributed by atoms with Crippen molar-refractivity contribution in [3.8, 4) is 5.75 Å². The van der Waals surface area contributed by atoms with Crippen molar-refractivity contribution in [2.45, 2.75) is 19.9 Å². The molecule has 0 saturated carbocycles. The number of pyridine rings is 1. The van der Waals surface area contributed by atoms with Crippen molar-refractivity contribution in [1.29, 1.82) is 0 Å². The molecule has 1 fully saturated rings. The topological polar surface area (TPSA) is 89.7 Å². The van der Waals surface area contributed by atoms with Crippen LogP contribution in [0.1, 0.15) is 13.3 Å². The lowest BCUT2D eigenvalue weighted by Gasteiger charge is -2.36. The maximum atomic E-state index is 13.2. The molecule has 0 radical (unpaired) electrons. The average Bonchev–Trinajstić information content (AvgIpc) is 2.84. The number of hydrogen-bond acceptors (Lipinski definition) is 6. The van der Waals surface area contributed by atoms with E-state index in [9.17, 15) is 14.4 Å². The molecule has 3 aromatic rings. The molecule has 1 amide bonds. The molecule has 32 heavy (non-hydrogen) atoms. The molecule has 168 valence electrons. The number of rotatable bonds is 6. The highest BCUT2D eigenvalue weighted by atomic mass is 16.5. The minimum atomic E-state index is -0.570. The summed E-state index contributed by atoms with van der Waals surface area (Å²) in [5, 5.41) is 0.213. The van der Waals surface area contributed by atoms with Crippen molar-refractivity contribution >= 4 is 22.6 Å². The largest absolute Gasteiger partial charge is 0.493 e. The number of aryl methyl sites for hydroxylation is 1. The van der Waals surface area contributed by atoms with E-state index in [4.69, 9.17) is 4.74 Å². The highest BCUT2D eigenvalue weighted by molar-refractivity contribution is 5.82. The molecular formula is C23H27N5O4. The van der Waals surface area contributed by atoms with Crippen molar-refractivity contribution in [2.75, 3.05) is 37.7 Å². The Morgan fingerprint density at radius 2 is 1.78 bits per heavy atom. The van der Waals surface area contributed by atoms with Crippen LogP contribution >= 0.6 is 0 Å². The molecule has 0 unspecified atom stereocenters. The predicted octanol–water partition coefficient (Wildman–Crippen LogP) is 1.23. The lowest BCUT2D eigenvalue weighted by molar-refractivity contribution is -0.132. The number of hydrogen-bond donors (Lipinski definition) is 0. The van der Waals surface area contributed by atoms with Gasteiger partial charge in [-0.3, -0.25) is 14.2 Å². The Morgan fingerprint density at radius 3 is 2.47 bits per heavy atom. The molecule has 1 aliphatic heterocycles. The van der Waals surface area contributed by atoms with Gasteiger partial charge in [0, 0.05) is 45.1 Å². The molecule has 4 rings (SSSR count). The summed E-state index contributed by atoms with van der Waals surface area (Å²) in [6.07, 6.45) is 2.28. The molecule has 0 spiro atoms. The fourth-order valence-electron chi connectivity index (χ4n) is 3.94. The average molecular weight is 438 g/mol. The smallest absolute Gasteiger partial charge is 0.332 e. The van der Waals surface area contributed by atoms with Gasteiger partial charge in [-0.2, -0.15) is 0 Å². The number of fused-ring (bicyclic) bond motifs is 1. The Labute approximate surface area is 185 Å². The van der Waals surface area contributed by atoms with Crippen LogP contribution in [0.4, 0.5) is 5.69 Å². The third-order valence-corrected chi connectivity index (χ3v) is 5.70. The zero-order valence-corrected chi connectivity index (χ0v) is 18.4. The van der Waals surface area contributed by atoms with E-state index >= 15 is 0 Å². The van der Waals surface area contributed by atoms with Crippen molar-refractivity contribution in [1.82, 2.24) is 19.0 Å². The first-order valence-corrected chi connectivity index (χ1v) is 10.8. The number of amides is 1. The Balaban J connectivity index is 1.57. The van der Waals surface area contributed by atoms with E-state index in [-0.39, 0.29) is 23.5 Å². The van der Waals surface area contributed by atoms with Crippen LogP contribution in [0, 0.1) is 0 Å². The van der Waals surface area contributed by atoms with E-state index in [0.29, 0.717) is 38.5 Å². The molecule has 1 saturated heterocycles. The number of ether oxygens (including phenoxy) is 1. The van der Waals surface area contributed by atoms with Gasteiger partial charge < -0.3 is 14.5 Å². The number of anilines is 1. The van der Waals surface area contributed by atoms with E-state index in [0.717, 1.165) is 16.7 Å². The van der Waals surface area contributed by atoms with Gasteiger partial charge in [0.05, 0.1) is 6.61 Å². The lowest BCUT2D eigenvalue weighted by Crippen LogP contribution is -2.51. The third kappa shape index (κ3) is 4.10. The van der Waals surface area contributed by atoms with Crippen LogP contribution in [0.3, 0.4) is 0 Å². The maximum Gasteiger partial charge on any atom is 0.332 e. The molecule has 0 bridgehead atoms. The first kappa shape index (κ1) is 21.6. The Morgan fingerprint density at radius 1 is 1.06 bits per heavy atom. The van der Waals surface area contributed by atoms with Crippen LogP contribution < -0.4 is 20.9 Å². The maximum absolute atomic E-state index is 13.2. The summed E-state index contributed by atoms with van der Waals surface area (Å²) in [5.74, 6) is 0.117. The number of aromatic nitrogens is 3. The zero-order chi connectivity index (χ0) is 22.7. The van der Waals surface area contributed by atoms with Crippen molar-refractivity contribution < 1.29 is 9.53 Å². The minimum absolute atomic E-state index is 0.213. The molecule has 9 nitrogen and oxygen atoms in total. The highest BCUT2D eigenvalue weighted by Gasteiger charge is 2.24. The second-order valence-electron chi connectivity index (χ2n) is 7.79.